The van der Waals surface area contributed by atoms with Gasteiger partial charge in [0.15, 0.2) is 5.82 Å². The van der Waals surface area contributed by atoms with E-state index in [9.17, 15) is 18.0 Å². The van der Waals surface area contributed by atoms with Crippen molar-refractivity contribution in [2.24, 2.45) is 5.92 Å². The van der Waals surface area contributed by atoms with Crippen LogP contribution in [-0.4, -0.2) is 50.9 Å². The maximum atomic E-state index is 13.5. The van der Waals surface area contributed by atoms with Crippen LogP contribution in [0.4, 0.5) is 23.7 Å². The number of halogens is 3. The molecule has 2 amide bonds. The van der Waals surface area contributed by atoms with Gasteiger partial charge in [-0.2, -0.15) is 18.3 Å². The first kappa shape index (κ1) is 21.5. The van der Waals surface area contributed by atoms with E-state index in [1.54, 1.807) is 12.0 Å². The molecule has 1 saturated heterocycles. The Hall–Kier alpha value is -2.75. The van der Waals surface area contributed by atoms with Gasteiger partial charge in [0.2, 0.25) is 0 Å². The van der Waals surface area contributed by atoms with E-state index < -0.39 is 17.3 Å². The van der Waals surface area contributed by atoms with E-state index in [4.69, 9.17) is 4.74 Å². The molecule has 7 nitrogen and oxygen atoms in total. The van der Waals surface area contributed by atoms with Crippen LogP contribution in [0.5, 0.6) is 0 Å². The molecule has 2 fully saturated rings. The zero-order chi connectivity index (χ0) is 22.4. The van der Waals surface area contributed by atoms with Gasteiger partial charge in [0.1, 0.15) is 0 Å². The van der Waals surface area contributed by atoms with Crippen LogP contribution in [0.15, 0.2) is 30.6 Å². The number of nitrogens with zero attached hydrogens (tertiary/aromatic N) is 4. The van der Waals surface area contributed by atoms with E-state index in [0.29, 0.717) is 5.92 Å². The van der Waals surface area contributed by atoms with Gasteiger partial charge in [-0.1, -0.05) is 6.92 Å². The summed E-state index contributed by atoms with van der Waals surface area (Å²) < 4.78 is 46.1. The minimum atomic E-state index is -4.60. The molecule has 4 rings (SSSR count). The molecule has 166 valence electrons. The quantitative estimate of drug-likeness (QED) is 0.772. The number of likely N-dealkylation sites (tertiary alicyclic amines) is 1. The van der Waals surface area contributed by atoms with Crippen molar-refractivity contribution in [1.82, 2.24) is 20.1 Å². The van der Waals surface area contributed by atoms with E-state index in [1.807, 2.05) is 6.92 Å². The number of piperidine rings is 1. The molecule has 10 heteroatoms. The minimum Gasteiger partial charge on any atom is -0.379 e. The highest BCUT2D eigenvalue weighted by atomic mass is 19.4. The fourth-order valence-corrected chi connectivity index (χ4v) is 5.09. The highest BCUT2D eigenvalue weighted by Crippen LogP contribution is 2.52. The summed E-state index contributed by atoms with van der Waals surface area (Å²) in [6, 6.07) is 3.16. The third-order valence-corrected chi connectivity index (χ3v) is 6.44. The van der Waals surface area contributed by atoms with Crippen molar-refractivity contribution in [3.63, 3.8) is 0 Å². The average Bonchev–Trinajstić information content (AvgIpc) is 2.72. The third-order valence-electron chi connectivity index (χ3n) is 6.44. The molecule has 2 aliphatic rings. The highest BCUT2D eigenvalue weighted by molar-refractivity contribution is 5.92. The maximum Gasteiger partial charge on any atom is 0.417 e. The summed E-state index contributed by atoms with van der Waals surface area (Å²) >= 11 is 0. The van der Waals surface area contributed by atoms with Crippen LogP contribution in [0.1, 0.15) is 38.7 Å². The van der Waals surface area contributed by atoms with Crippen molar-refractivity contribution in [3.8, 4) is 11.4 Å². The minimum absolute atomic E-state index is 0.0944. The Morgan fingerprint density at radius 2 is 2.10 bits per heavy atom. The van der Waals surface area contributed by atoms with Crippen LogP contribution in [0, 0.1) is 5.92 Å². The number of nitrogens with one attached hydrogen (secondary N) is 1. The number of alkyl halides is 3. The Bertz CT molecular complexity index is 971. The molecule has 31 heavy (non-hydrogen) atoms. The van der Waals surface area contributed by atoms with Gasteiger partial charge in [-0.15, -0.1) is 5.10 Å². The van der Waals surface area contributed by atoms with Gasteiger partial charge in [-0.05, 0) is 50.3 Å². The molecule has 0 radical (unpaired) electrons. The number of hydrogen-bond donors (Lipinski definition) is 1. The predicted molar refractivity (Wildman–Crippen MR) is 107 cm³/mol. The number of carbonyl (C=O) groups is 1. The van der Waals surface area contributed by atoms with E-state index in [2.05, 4.69) is 27.4 Å². The van der Waals surface area contributed by atoms with E-state index in [0.717, 1.165) is 25.3 Å². The molecule has 2 heterocycles. The molecule has 1 aromatic heterocycles. The molecule has 4 atom stereocenters. The second-order valence-electron chi connectivity index (χ2n) is 8.41. The van der Waals surface area contributed by atoms with Gasteiger partial charge < -0.3 is 15.0 Å². The molecule has 1 aromatic carbocycles. The summed E-state index contributed by atoms with van der Waals surface area (Å²) in [5, 5.41) is 10.1. The van der Waals surface area contributed by atoms with Crippen molar-refractivity contribution >= 4 is 11.7 Å². The van der Waals surface area contributed by atoms with Gasteiger partial charge in [0.25, 0.3) is 0 Å². The zero-order valence-electron chi connectivity index (χ0n) is 17.5. The largest absolute Gasteiger partial charge is 0.417 e. The Labute approximate surface area is 178 Å². The van der Waals surface area contributed by atoms with E-state index in [-0.39, 0.29) is 35.3 Å². The smallest absolute Gasteiger partial charge is 0.379 e. The predicted octanol–water partition coefficient (Wildman–Crippen LogP) is 4.37. The number of ether oxygens (including phenoxy) is 1. The van der Waals surface area contributed by atoms with Gasteiger partial charge in [-0.25, -0.2) is 9.78 Å². The van der Waals surface area contributed by atoms with Gasteiger partial charge >= 0.3 is 12.2 Å². The SMILES string of the molecule is CO[C@H](C)C12CC(C[C@H](C)C1)N2C(=O)Nc1ccc(C(F)(F)F)c(-c2nccnn2)c1. The fourth-order valence-electron chi connectivity index (χ4n) is 5.09. The number of anilines is 1. The Balaban J connectivity index is 1.63. The molecular formula is C21H24F3N5O2. The number of amides is 2. The zero-order valence-corrected chi connectivity index (χ0v) is 17.5. The van der Waals surface area contributed by atoms with Gasteiger partial charge in [0.05, 0.1) is 23.4 Å². The number of hydrogen-bond acceptors (Lipinski definition) is 5. The molecule has 1 aliphatic carbocycles. The van der Waals surface area contributed by atoms with Crippen LogP contribution in [-0.2, 0) is 10.9 Å². The Morgan fingerprint density at radius 1 is 1.32 bits per heavy atom. The van der Waals surface area contributed by atoms with Crippen LogP contribution >= 0.6 is 0 Å². The molecular weight excluding hydrogens is 411 g/mol. The summed E-state index contributed by atoms with van der Waals surface area (Å²) in [7, 11) is 1.62. The summed E-state index contributed by atoms with van der Waals surface area (Å²) in [6.07, 6.45) is 0.390. The highest BCUT2D eigenvalue weighted by Gasteiger charge is 2.61. The summed E-state index contributed by atoms with van der Waals surface area (Å²) in [5.41, 5.74) is -1.30. The second-order valence-corrected chi connectivity index (χ2v) is 8.41. The van der Waals surface area contributed by atoms with Crippen molar-refractivity contribution in [2.45, 2.75) is 57.0 Å². The number of methoxy groups -OCH3 is 1. The van der Waals surface area contributed by atoms with Crippen LogP contribution in [0.2, 0.25) is 0 Å². The first-order valence-corrected chi connectivity index (χ1v) is 10.1. The number of aromatic nitrogens is 3. The number of carbonyl (C=O) groups excluding carboxylic acids is 1. The summed E-state index contributed by atoms with van der Waals surface area (Å²) in [4.78, 5) is 18.9. The standard InChI is InChI=1S/C21H24F3N5O2/c1-12-8-15-11-20(10-12,13(2)31-3)29(15)19(30)27-14-4-5-17(21(22,23)24)16(9-14)18-25-6-7-26-28-18/h4-7,9,12-13,15H,8,10-11H2,1-3H3,(H,27,30)/t12-,13+,15?,20?/m0/s1. The van der Waals surface area contributed by atoms with E-state index >= 15 is 0 Å². The summed E-state index contributed by atoms with van der Waals surface area (Å²) in [6.45, 7) is 4.11. The molecule has 1 aliphatic heterocycles. The molecule has 2 aromatic rings. The second kappa shape index (κ2) is 7.74. The molecule has 2 bridgehead atoms. The monoisotopic (exact) mass is 435 g/mol. The topological polar surface area (TPSA) is 80.2 Å². The lowest BCUT2D eigenvalue weighted by molar-refractivity contribution is -0.155. The first-order chi connectivity index (χ1) is 14.7. The van der Waals surface area contributed by atoms with Crippen molar-refractivity contribution in [1.29, 1.82) is 0 Å². The molecule has 2 unspecified atom stereocenters. The lowest BCUT2D eigenvalue weighted by Crippen LogP contribution is -2.76. The van der Waals surface area contributed by atoms with Crippen molar-refractivity contribution < 1.29 is 22.7 Å². The summed E-state index contributed by atoms with van der Waals surface area (Å²) in [5.74, 6) is 0.311. The lowest BCUT2D eigenvalue weighted by atomic mass is 9.62. The van der Waals surface area contributed by atoms with E-state index in [1.165, 1.54) is 24.5 Å². The third kappa shape index (κ3) is 3.73. The maximum absolute atomic E-state index is 13.5. The number of urea groups is 1. The van der Waals surface area contributed by atoms with Crippen molar-refractivity contribution in [2.75, 3.05) is 12.4 Å². The number of benzene rings is 1. The number of rotatable bonds is 4. The lowest BCUT2D eigenvalue weighted by Gasteiger charge is -2.65. The Morgan fingerprint density at radius 3 is 2.74 bits per heavy atom. The number of fused-ring (bicyclic) bond motifs is 2. The van der Waals surface area contributed by atoms with Crippen LogP contribution < -0.4 is 5.32 Å². The van der Waals surface area contributed by atoms with Crippen LogP contribution in [0.3, 0.4) is 0 Å². The molecule has 0 spiro atoms. The molecule has 1 N–H and O–H groups in total. The van der Waals surface area contributed by atoms with Crippen molar-refractivity contribution in [3.05, 3.63) is 36.2 Å². The van der Waals surface area contributed by atoms with Gasteiger partial charge in [-0.3, -0.25) is 0 Å². The fraction of sp³-hybridized carbons (Fsp3) is 0.524. The normalized spacial score (nSPS) is 26.2. The average molecular weight is 435 g/mol. The van der Waals surface area contributed by atoms with Crippen LogP contribution in [0.25, 0.3) is 11.4 Å². The Kier molecular flexibility index (Phi) is 5.36. The van der Waals surface area contributed by atoms with Gasteiger partial charge in [0, 0.05) is 30.6 Å². The first-order valence-electron chi connectivity index (χ1n) is 10.1. The molecule has 1 saturated carbocycles.